The summed E-state index contributed by atoms with van der Waals surface area (Å²) in [6.45, 7) is 5.95. The molecule has 166 valence electrons. The van der Waals surface area contributed by atoms with E-state index in [9.17, 15) is 13.2 Å². The van der Waals surface area contributed by atoms with Gasteiger partial charge in [-0.3, -0.25) is 5.43 Å². The van der Waals surface area contributed by atoms with Crippen LogP contribution < -0.4 is 5.43 Å². The van der Waals surface area contributed by atoms with Crippen molar-refractivity contribution in [2.24, 2.45) is 4.36 Å². The maximum absolute atomic E-state index is 11.6. The highest BCUT2D eigenvalue weighted by Crippen LogP contribution is 2.10. The minimum absolute atomic E-state index is 0.748. The number of hydrogen-bond donors (Lipinski definition) is 1. The normalized spacial score (nSPS) is 11.0. The lowest BCUT2D eigenvalue weighted by Crippen LogP contribution is -2.42. The summed E-state index contributed by atoms with van der Waals surface area (Å²) in [7, 11) is -2.70. The summed E-state index contributed by atoms with van der Waals surface area (Å²) in [5.41, 5.74) is 2.62. The van der Waals surface area contributed by atoms with Crippen molar-refractivity contribution in [3.8, 4) is 0 Å². The van der Waals surface area contributed by atoms with Crippen LogP contribution in [0.4, 0.5) is 4.79 Å². The first-order valence-corrected chi connectivity index (χ1v) is 12.5. The van der Waals surface area contributed by atoms with Gasteiger partial charge in [0, 0.05) is 13.1 Å². The van der Waals surface area contributed by atoms with Crippen LogP contribution in [0, 0.1) is 0 Å². The highest BCUT2D eigenvalue weighted by molar-refractivity contribution is 7.62. The fourth-order valence-corrected chi connectivity index (χ4v) is 3.50. The molecule has 0 saturated carbocycles. The first-order chi connectivity index (χ1) is 13.6. The molecule has 1 N–H and O–H groups in total. The second-order valence-corrected chi connectivity index (χ2v) is 8.28. The second-order valence-electron chi connectivity index (χ2n) is 7.66. The number of nitrogens with one attached hydrogen (secondary N) is 1. The van der Waals surface area contributed by atoms with Crippen molar-refractivity contribution in [3.63, 3.8) is 0 Å². The van der Waals surface area contributed by atoms with Crippen molar-refractivity contribution in [2.75, 3.05) is 13.1 Å². The molecular formula is C21H43N3O3S. The van der Waals surface area contributed by atoms with Gasteiger partial charge in [0.25, 0.3) is 0 Å². The molecule has 6 nitrogen and oxygen atoms in total. The highest BCUT2D eigenvalue weighted by Gasteiger charge is 2.08. The molecule has 0 aromatic carbocycles. The SMILES string of the molecule is CCCCCCCCCCN(CCCCCCCCCC)NC(=O)N=S(=O)=O. The van der Waals surface area contributed by atoms with Crippen molar-refractivity contribution in [2.45, 2.75) is 117 Å². The van der Waals surface area contributed by atoms with E-state index in [1.807, 2.05) is 5.01 Å². The summed E-state index contributed by atoms with van der Waals surface area (Å²) in [5.74, 6) is 0. The van der Waals surface area contributed by atoms with Crippen LogP contribution in [-0.2, 0) is 10.5 Å². The molecule has 0 saturated heterocycles. The van der Waals surface area contributed by atoms with Gasteiger partial charge in [-0.15, -0.1) is 0 Å². The molecule has 0 unspecified atom stereocenters. The molecule has 28 heavy (non-hydrogen) atoms. The van der Waals surface area contributed by atoms with Crippen molar-refractivity contribution in [1.82, 2.24) is 10.4 Å². The summed E-state index contributed by atoms with van der Waals surface area (Å²) in [5, 5.41) is 1.84. The lowest BCUT2D eigenvalue weighted by molar-refractivity contribution is 0.177. The number of carbonyl (C=O) groups excluding carboxylic acids is 1. The van der Waals surface area contributed by atoms with Crippen LogP contribution in [0.25, 0.3) is 0 Å². The van der Waals surface area contributed by atoms with Gasteiger partial charge in [-0.25, -0.2) is 9.80 Å². The van der Waals surface area contributed by atoms with Crippen LogP contribution in [0.15, 0.2) is 4.36 Å². The van der Waals surface area contributed by atoms with Crippen LogP contribution in [0.1, 0.15) is 117 Å². The number of hydrogen-bond acceptors (Lipinski definition) is 4. The largest absolute Gasteiger partial charge is 0.370 e. The van der Waals surface area contributed by atoms with Gasteiger partial charge in [-0.05, 0) is 12.8 Å². The summed E-state index contributed by atoms with van der Waals surface area (Å²) in [4.78, 5) is 11.6. The number of carbonyl (C=O) groups is 1. The van der Waals surface area contributed by atoms with Gasteiger partial charge in [0.15, 0.2) is 0 Å². The third-order valence-corrected chi connectivity index (χ3v) is 5.29. The van der Waals surface area contributed by atoms with E-state index in [1.54, 1.807) is 0 Å². The monoisotopic (exact) mass is 417 g/mol. The molecule has 7 heteroatoms. The van der Waals surface area contributed by atoms with E-state index in [2.05, 4.69) is 23.6 Å². The summed E-state index contributed by atoms with van der Waals surface area (Å²) in [6.07, 6.45) is 19.7. The number of nitrogens with zero attached hydrogens (tertiary/aromatic N) is 2. The Balaban J connectivity index is 4.01. The Morgan fingerprint density at radius 1 is 0.679 bits per heavy atom. The molecule has 2 amide bonds. The average molecular weight is 418 g/mol. The van der Waals surface area contributed by atoms with Crippen LogP contribution in [0.2, 0.25) is 0 Å². The van der Waals surface area contributed by atoms with Gasteiger partial charge >= 0.3 is 16.5 Å². The van der Waals surface area contributed by atoms with Crippen LogP contribution >= 0.6 is 0 Å². The van der Waals surface area contributed by atoms with Crippen molar-refractivity contribution in [1.29, 1.82) is 0 Å². The van der Waals surface area contributed by atoms with Gasteiger partial charge in [0.1, 0.15) is 0 Å². The number of hydrazine groups is 1. The van der Waals surface area contributed by atoms with Crippen LogP contribution in [0.5, 0.6) is 0 Å². The standard InChI is InChI=1S/C21H43N3O3S/c1-3-5-7-9-11-13-15-17-19-24(22-21(25)23-28(26)27)20-18-16-14-12-10-8-6-4-2/h3-20H2,1-2H3,(H,22,25). The fraction of sp³-hybridized carbons (Fsp3) is 0.952. The molecule has 0 radical (unpaired) electrons. The zero-order valence-corrected chi connectivity index (χ0v) is 19.1. The summed E-state index contributed by atoms with van der Waals surface area (Å²) < 4.78 is 24.1. The maximum atomic E-state index is 11.6. The quantitative estimate of drug-likeness (QED) is 0.199. The molecule has 0 fully saturated rings. The van der Waals surface area contributed by atoms with E-state index in [0.29, 0.717) is 0 Å². The average Bonchev–Trinajstić information content (AvgIpc) is 2.65. The lowest BCUT2D eigenvalue weighted by atomic mass is 10.1. The maximum Gasteiger partial charge on any atom is 0.370 e. The molecule has 0 atom stereocenters. The Morgan fingerprint density at radius 3 is 1.39 bits per heavy atom. The molecule has 0 spiro atoms. The molecule has 0 aromatic rings. The van der Waals surface area contributed by atoms with Gasteiger partial charge in [0.2, 0.25) is 0 Å². The van der Waals surface area contributed by atoms with Gasteiger partial charge in [-0.2, -0.15) is 8.42 Å². The smallest absolute Gasteiger partial charge is 0.268 e. The predicted molar refractivity (Wildman–Crippen MR) is 117 cm³/mol. The number of unbranched alkanes of at least 4 members (excludes halogenated alkanes) is 14. The van der Waals surface area contributed by atoms with E-state index >= 15 is 0 Å². The third-order valence-electron chi connectivity index (χ3n) is 4.97. The summed E-state index contributed by atoms with van der Waals surface area (Å²) in [6, 6.07) is -0.799. The second kappa shape index (κ2) is 20.8. The zero-order valence-electron chi connectivity index (χ0n) is 18.3. The Hall–Kier alpha value is -0.950. The predicted octanol–water partition coefficient (Wildman–Crippen LogP) is 6.26. The molecule has 0 aliphatic heterocycles. The molecule has 0 rings (SSSR count). The lowest BCUT2D eigenvalue weighted by Gasteiger charge is -2.21. The molecule has 0 aliphatic rings. The molecule has 0 heterocycles. The molecule has 0 bridgehead atoms. The Bertz CT molecular complexity index is 467. The topological polar surface area (TPSA) is 78.8 Å². The van der Waals surface area contributed by atoms with Crippen LogP contribution in [-0.4, -0.2) is 32.5 Å². The minimum atomic E-state index is -2.70. The Labute approximate surface area is 174 Å². The van der Waals surface area contributed by atoms with Gasteiger partial charge < -0.3 is 0 Å². The minimum Gasteiger partial charge on any atom is -0.268 e. The number of amides is 2. The Kier molecular flexibility index (Phi) is 20.1. The van der Waals surface area contributed by atoms with E-state index in [0.717, 1.165) is 38.8 Å². The van der Waals surface area contributed by atoms with E-state index in [1.165, 1.54) is 77.0 Å². The van der Waals surface area contributed by atoms with Crippen molar-refractivity contribution < 1.29 is 13.2 Å². The zero-order chi connectivity index (χ0) is 20.9. The van der Waals surface area contributed by atoms with E-state index in [-0.39, 0.29) is 0 Å². The number of rotatable bonds is 19. The van der Waals surface area contributed by atoms with Crippen molar-refractivity contribution >= 4 is 16.5 Å². The molecule has 0 aliphatic carbocycles. The first-order valence-electron chi connectivity index (χ1n) is 11.5. The van der Waals surface area contributed by atoms with Gasteiger partial charge in [-0.1, -0.05) is 108 Å². The molecular weight excluding hydrogens is 374 g/mol. The molecule has 0 aromatic heterocycles. The van der Waals surface area contributed by atoms with Crippen LogP contribution in [0.3, 0.4) is 0 Å². The fourth-order valence-electron chi connectivity index (χ4n) is 3.32. The summed E-state index contributed by atoms with van der Waals surface area (Å²) >= 11 is 0. The third kappa shape index (κ3) is 19.8. The van der Waals surface area contributed by atoms with Crippen molar-refractivity contribution in [3.05, 3.63) is 0 Å². The van der Waals surface area contributed by atoms with E-state index < -0.39 is 16.5 Å². The highest BCUT2D eigenvalue weighted by atomic mass is 32.2. The Morgan fingerprint density at radius 2 is 1.04 bits per heavy atom. The number of urea groups is 1. The van der Waals surface area contributed by atoms with Gasteiger partial charge in [0.05, 0.1) is 0 Å². The van der Waals surface area contributed by atoms with E-state index in [4.69, 9.17) is 0 Å². The first kappa shape index (κ1) is 27.0.